The number of aliphatic carboxylic acids is 1. The summed E-state index contributed by atoms with van der Waals surface area (Å²) < 4.78 is 33.4. The van der Waals surface area contributed by atoms with Gasteiger partial charge in [-0.05, 0) is 88.3 Å². The molecule has 1 N–H and O–H groups in total. The quantitative estimate of drug-likeness (QED) is 0.442. The van der Waals surface area contributed by atoms with Crippen LogP contribution in [0.5, 0.6) is 5.75 Å². The van der Waals surface area contributed by atoms with Crippen LogP contribution in [0.1, 0.15) is 76.8 Å². The summed E-state index contributed by atoms with van der Waals surface area (Å²) in [6.45, 7) is 3.22. The molecule has 35 heavy (non-hydrogen) atoms. The Morgan fingerprint density at radius 2 is 1.74 bits per heavy atom. The Kier molecular flexibility index (Phi) is 6.73. The SMILES string of the molecule is CC(c1ccc2c(Cl)c(O[C@H]3CC[C@@H](C(C)(F)F)CC3)ccc2c1)N1C2CCC1CC(C(=O)O)C2. The predicted molar refractivity (Wildman–Crippen MR) is 133 cm³/mol. The molecule has 3 atom stereocenters. The maximum Gasteiger partial charge on any atom is 0.306 e. The molecular formula is C28H34ClF2NO3. The van der Waals surface area contributed by atoms with Crippen molar-refractivity contribution in [2.75, 3.05) is 0 Å². The highest BCUT2D eigenvalue weighted by molar-refractivity contribution is 6.37. The monoisotopic (exact) mass is 505 g/mol. The first-order valence-corrected chi connectivity index (χ1v) is 13.3. The summed E-state index contributed by atoms with van der Waals surface area (Å²) >= 11 is 6.73. The van der Waals surface area contributed by atoms with Crippen LogP contribution in [-0.2, 0) is 4.79 Å². The molecule has 0 spiro atoms. The fourth-order valence-corrected chi connectivity index (χ4v) is 7.01. The van der Waals surface area contributed by atoms with E-state index in [-0.39, 0.29) is 18.1 Å². The molecule has 190 valence electrons. The van der Waals surface area contributed by atoms with Gasteiger partial charge in [0.2, 0.25) is 5.92 Å². The van der Waals surface area contributed by atoms with E-state index in [2.05, 4.69) is 24.0 Å². The van der Waals surface area contributed by atoms with E-state index in [4.69, 9.17) is 16.3 Å². The summed E-state index contributed by atoms with van der Waals surface area (Å²) in [5.41, 5.74) is 1.20. The van der Waals surface area contributed by atoms with Gasteiger partial charge in [0.15, 0.2) is 0 Å². The summed E-state index contributed by atoms with van der Waals surface area (Å²) in [4.78, 5) is 14.1. The van der Waals surface area contributed by atoms with Crippen molar-refractivity contribution in [3.05, 3.63) is 40.9 Å². The molecular weight excluding hydrogens is 472 g/mol. The lowest BCUT2D eigenvalue weighted by molar-refractivity contribution is -0.144. The molecule has 2 bridgehead atoms. The number of carboxylic acid groups (broad SMARTS) is 1. The van der Waals surface area contributed by atoms with Gasteiger partial charge in [0.1, 0.15) is 5.75 Å². The number of carboxylic acids is 1. The zero-order valence-electron chi connectivity index (χ0n) is 20.4. The predicted octanol–water partition coefficient (Wildman–Crippen LogP) is 7.47. The van der Waals surface area contributed by atoms with Crippen molar-refractivity contribution in [1.29, 1.82) is 0 Å². The maximum absolute atomic E-state index is 13.6. The lowest BCUT2D eigenvalue weighted by Crippen LogP contribution is -2.45. The van der Waals surface area contributed by atoms with E-state index < -0.39 is 17.8 Å². The molecule has 2 saturated heterocycles. The number of halogens is 3. The fraction of sp³-hybridized carbons (Fsp3) is 0.607. The molecule has 0 amide bonds. The Hall–Kier alpha value is -1.92. The first-order chi connectivity index (χ1) is 16.6. The third-order valence-corrected chi connectivity index (χ3v) is 9.09. The summed E-state index contributed by atoms with van der Waals surface area (Å²) in [7, 11) is 0. The van der Waals surface area contributed by atoms with Crippen molar-refractivity contribution >= 4 is 28.3 Å². The molecule has 5 rings (SSSR count). The molecule has 0 aromatic heterocycles. The molecule has 3 fully saturated rings. The number of carbonyl (C=O) groups is 1. The van der Waals surface area contributed by atoms with Gasteiger partial charge in [0, 0.05) is 29.4 Å². The highest BCUT2D eigenvalue weighted by atomic mass is 35.5. The topological polar surface area (TPSA) is 49.8 Å². The van der Waals surface area contributed by atoms with Gasteiger partial charge in [-0.1, -0.05) is 29.8 Å². The number of piperidine rings is 1. The fourth-order valence-electron chi connectivity index (χ4n) is 6.73. The molecule has 4 nitrogen and oxygen atoms in total. The largest absolute Gasteiger partial charge is 0.489 e. The van der Waals surface area contributed by atoms with Crippen LogP contribution in [0.2, 0.25) is 5.02 Å². The van der Waals surface area contributed by atoms with Crippen molar-refractivity contribution in [3.8, 4) is 5.75 Å². The lowest BCUT2D eigenvalue weighted by Gasteiger charge is -2.41. The van der Waals surface area contributed by atoms with Crippen LogP contribution >= 0.6 is 11.6 Å². The van der Waals surface area contributed by atoms with Crippen LogP contribution in [0.3, 0.4) is 0 Å². The van der Waals surface area contributed by atoms with Crippen LogP contribution < -0.4 is 4.74 Å². The van der Waals surface area contributed by atoms with E-state index in [0.717, 1.165) is 43.4 Å². The lowest BCUT2D eigenvalue weighted by atomic mass is 9.84. The Morgan fingerprint density at radius 3 is 2.34 bits per heavy atom. The summed E-state index contributed by atoms with van der Waals surface area (Å²) in [6, 6.07) is 11.1. The zero-order chi connectivity index (χ0) is 24.9. The molecule has 2 heterocycles. The standard InChI is InChI=1S/C28H34ClF2NO3/c1-16(32-21-7-8-22(32)15-19(14-21)27(33)34)17-3-11-24-18(13-17)4-12-25(26(24)29)35-23-9-5-20(6-10-23)28(2,30)31/h3-4,11-13,16,19-23H,5-10,14-15H2,1-2H3,(H,33,34)/t16?,19?,20-,21?,22?,23+. The number of alkyl halides is 2. The maximum atomic E-state index is 13.6. The van der Waals surface area contributed by atoms with Crippen LogP contribution in [0, 0.1) is 11.8 Å². The number of benzene rings is 2. The van der Waals surface area contributed by atoms with Gasteiger partial charge in [0.05, 0.1) is 17.0 Å². The van der Waals surface area contributed by atoms with Crippen molar-refractivity contribution in [2.45, 2.75) is 95.4 Å². The molecule has 2 aromatic carbocycles. The Balaban J connectivity index is 1.29. The van der Waals surface area contributed by atoms with Crippen molar-refractivity contribution in [1.82, 2.24) is 4.90 Å². The second-order valence-electron chi connectivity index (χ2n) is 10.9. The number of fused-ring (bicyclic) bond motifs is 3. The van der Waals surface area contributed by atoms with Gasteiger partial charge >= 0.3 is 5.97 Å². The zero-order valence-corrected chi connectivity index (χ0v) is 21.1. The molecule has 2 aliphatic heterocycles. The minimum atomic E-state index is -2.63. The summed E-state index contributed by atoms with van der Waals surface area (Å²) in [5, 5.41) is 12.0. The van der Waals surface area contributed by atoms with Gasteiger partial charge in [0.25, 0.3) is 0 Å². The third-order valence-electron chi connectivity index (χ3n) is 8.70. The average Bonchev–Trinajstić information content (AvgIpc) is 3.08. The second-order valence-corrected chi connectivity index (χ2v) is 11.3. The Labute approximate surface area is 210 Å². The van der Waals surface area contributed by atoms with Crippen LogP contribution in [0.4, 0.5) is 8.78 Å². The van der Waals surface area contributed by atoms with E-state index >= 15 is 0 Å². The minimum Gasteiger partial charge on any atom is -0.489 e. The molecule has 1 saturated carbocycles. The number of hydrogen-bond donors (Lipinski definition) is 1. The average molecular weight is 506 g/mol. The molecule has 7 heteroatoms. The molecule has 3 unspecified atom stereocenters. The van der Waals surface area contributed by atoms with Crippen LogP contribution in [0.15, 0.2) is 30.3 Å². The smallest absolute Gasteiger partial charge is 0.306 e. The van der Waals surface area contributed by atoms with E-state index in [9.17, 15) is 18.7 Å². The Bertz CT molecular complexity index is 1080. The molecule has 0 radical (unpaired) electrons. The van der Waals surface area contributed by atoms with Gasteiger partial charge in [-0.2, -0.15) is 0 Å². The summed E-state index contributed by atoms with van der Waals surface area (Å²) in [5.74, 6) is -3.48. The number of ether oxygens (including phenoxy) is 1. The molecule has 3 aliphatic rings. The highest BCUT2D eigenvalue weighted by Crippen LogP contribution is 2.45. The Morgan fingerprint density at radius 1 is 1.09 bits per heavy atom. The summed E-state index contributed by atoms with van der Waals surface area (Å²) in [6.07, 6.45) is 5.65. The van der Waals surface area contributed by atoms with Gasteiger partial charge in [-0.3, -0.25) is 9.69 Å². The highest BCUT2D eigenvalue weighted by Gasteiger charge is 2.45. The van der Waals surface area contributed by atoms with Gasteiger partial charge < -0.3 is 9.84 Å². The van der Waals surface area contributed by atoms with E-state index in [1.807, 2.05) is 18.2 Å². The molecule has 2 aromatic rings. The van der Waals surface area contributed by atoms with E-state index in [0.29, 0.717) is 48.5 Å². The van der Waals surface area contributed by atoms with E-state index in [1.165, 1.54) is 5.56 Å². The second kappa shape index (κ2) is 9.51. The number of rotatable bonds is 6. The van der Waals surface area contributed by atoms with E-state index in [1.54, 1.807) is 0 Å². The first-order valence-electron chi connectivity index (χ1n) is 12.9. The third kappa shape index (κ3) is 4.89. The number of hydrogen-bond acceptors (Lipinski definition) is 3. The normalized spacial score (nSPS) is 30.4. The number of nitrogens with zero attached hydrogens (tertiary/aromatic N) is 1. The van der Waals surface area contributed by atoms with Crippen molar-refractivity contribution in [2.24, 2.45) is 11.8 Å². The molecule has 1 aliphatic carbocycles. The van der Waals surface area contributed by atoms with Crippen molar-refractivity contribution < 1.29 is 23.4 Å². The van der Waals surface area contributed by atoms with Gasteiger partial charge in [-0.15, -0.1) is 0 Å². The van der Waals surface area contributed by atoms with Gasteiger partial charge in [-0.25, -0.2) is 8.78 Å². The minimum absolute atomic E-state index is 0.0907. The van der Waals surface area contributed by atoms with Crippen LogP contribution in [-0.4, -0.2) is 40.1 Å². The van der Waals surface area contributed by atoms with Crippen molar-refractivity contribution in [3.63, 3.8) is 0 Å². The first kappa shape index (κ1) is 24.8. The van der Waals surface area contributed by atoms with Crippen LogP contribution in [0.25, 0.3) is 10.8 Å².